The van der Waals surface area contributed by atoms with E-state index in [1.54, 1.807) is 6.08 Å². The Morgan fingerprint density at radius 2 is 1.75 bits per heavy atom. The first-order valence-electron chi connectivity index (χ1n) is 14.1. The van der Waals surface area contributed by atoms with Crippen LogP contribution in [0.2, 0.25) is 0 Å². The third-order valence-electron chi connectivity index (χ3n) is 7.68. The van der Waals surface area contributed by atoms with Gasteiger partial charge in [-0.2, -0.15) is 0 Å². The molecule has 0 spiro atoms. The monoisotopic (exact) mass is 574 g/mol. The third kappa shape index (κ3) is 11.2. The lowest BCUT2D eigenvalue weighted by Crippen LogP contribution is -2.61. The Kier molecular flexibility index (Phi) is 16.3. The third-order valence-corrected chi connectivity index (χ3v) is 7.68. The van der Waals surface area contributed by atoms with Crippen LogP contribution in [-0.4, -0.2) is 107 Å². The van der Waals surface area contributed by atoms with Crippen molar-refractivity contribution in [2.24, 2.45) is 35.0 Å². The molecule has 1 aliphatic rings. The fourth-order valence-electron chi connectivity index (χ4n) is 4.42. The summed E-state index contributed by atoms with van der Waals surface area (Å²) in [5.74, 6) is 2.27. The molecule has 12 N–H and O–H groups in total. The van der Waals surface area contributed by atoms with Gasteiger partial charge >= 0.3 is 0 Å². The second-order valence-electron chi connectivity index (χ2n) is 11.6. The summed E-state index contributed by atoms with van der Waals surface area (Å²) < 4.78 is 17.1. The number of nitrogens with two attached hydrogens (primary N) is 3. The number of aliphatic hydroxyl groups excluding tert-OH is 5. The summed E-state index contributed by atoms with van der Waals surface area (Å²) in [5, 5.41) is 52.8. The molecule has 0 aromatic rings. The van der Waals surface area contributed by atoms with Crippen molar-refractivity contribution in [3.05, 3.63) is 11.6 Å². The topological polar surface area (TPSA) is 219 Å². The summed E-state index contributed by atoms with van der Waals surface area (Å²) >= 11 is 0. The van der Waals surface area contributed by atoms with Crippen LogP contribution < -0.4 is 22.5 Å². The highest BCUT2D eigenvalue weighted by molar-refractivity contribution is 5.20. The first-order valence-corrected chi connectivity index (χ1v) is 14.1. The smallest absolute Gasteiger partial charge is 0.188 e. The molecule has 12 nitrogen and oxygen atoms in total. The minimum atomic E-state index is -1.58. The maximum atomic E-state index is 10.4. The minimum absolute atomic E-state index is 0.0409. The number of rotatable bonds is 18. The molecule has 234 valence electrons. The molecular weight excluding hydrogens is 520 g/mol. The molecule has 0 radical (unpaired) electrons. The molecule has 0 aliphatic carbocycles. The summed E-state index contributed by atoms with van der Waals surface area (Å²) in [6, 6.07) is -0.395. The fourth-order valence-corrected chi connectivity index (χ4v) is 4.42. The fraction of sp³-hybridized carbons (Fsp3) is 0.857. The molecule has 0 saturated carbocycles. The lowest BCUT2D eigenvalue weighted by molar-refractivity contribution is -0.315. The van der Waals surface area contributed by atoms with E-state index in [0.717, 1.165) is 12.0 Å². The summed E-state index contributed by atoms with van der Waals surface area (Å²) in [6.45, 7) is 10.8. The van der Waals surface area contributed by atoms with Crippen molar-refractivity contribution in [3.8, 4) is 12.3 Å². The lowest BCUT2D eigenvalue weighted by atomic mass is 9.81. The van der Waals surface area contributed by atoms with Gasteiger partial charge in [-0.1, -0.05) is 32.3 Å². The second-order valence-corrected chi connectivity index (χ2v) is 11.6. The van der Waals surface area contributed by atoms with Crippen LogP contribution in [0.5, 0.6) is 0 Å². The highest BCUT2D eigenvalue weighted by Gasteiger charge is 2.45. The summed E-state index contributed by atoms with van der Waals surface area (Å²) in [5.41, 5.74) is 18.9. The number of allylic oxidation sites excluding steroid dienone is 2. The van der Waals surface area contributed by atoms with E-state index in [4.69, 9.17) is 37.8 Å². The van der Waals surface area contributed by atoms with Gasteiger partial charge in [-0.05, 0) is 57.6 Å². The molecule has 0 amide bonds. The van der Waals surface area contributed by atoms with Crippen molar-refractivity contribution in [3.63, 3.8) is 0 Å². The molecule has 1 heterocycles. The summed E-state index contributed by atoms with van der Waals surface area (Å²) in [6.07, 6.45) is 0.129. The molecule has 0 aromatic carbocycles. The van der Waals surface area contributed by atoms with Gasteiger partial charge in [0.1, 0.15) is 36.9 Å². The largest absolute Gasteiger partial charge is 0.394 e. The number of hydrogen-bond donors (Lipinski definition) is 9. The number of hydrogen-bond acceptors (Lipinski definition) is 12. The zero-order valence-electron chi connectivity index (χ0n) is 24.6. The Labute approximate surface area is 239 Å². The Bertz CT molecular complexity index is 789. The average molecular weight is 575 g/mol. The molecule has 1 rings (SSSR count). The van der Waals surface area contributed by atoms with E-state index in [2.05, 4.69) is 11.2 Å². The number of ether oxygens (including phenoxy) is 3. The van der Waals surface area contributed by atoms with Crippen LogP contribution in [0.1, 0.15) is 53.9 Å². The summed E-state index contributed by atoms with van der Waals surface area (Å²) in [7, 11) is 0. The zero-order chi connectivity index (χ0) is 30.6. The minimum Gasteiger partial charge on any atom is -0.394 e. The molecular formula is C28H54N4O8. The van der Waals surface area contributed by atoms with Crippen molar-refractivity contribution in [1.82, 2.24) is 5.32 Å². The highest BCUT2D eigenvalue weighted by Crippen LogP contribution is 2.30. The van der Waals surface area contributed by atoms with E-state index in [0.29, 0.717) is 32.6 Å². The molecule has 1 aliphatic heterocycles. The van der Waals surface area contributed by atoms with Gasteiger partial charge in [-0.3, -0.25) is 0 Å². The van der Waals surface area contributed by atoms with E-state index >= 15 is 0 Å². The van der Waals surface area contributed by atoms with E-state index in [9.17, 15) is 25.5 Å². The van der Waals surface area contributed by atoms with Gasteiger partial charge < -0.3 is 62.3 Å². The van der Waals surface area contributed by atoms with Gasteiger partial charge in [0.25, 0.3) is 0 Å². The Balaban J connectivity index is 2.78. The predicted octanol–water partition coefficient (Wildman–Crippen LogP) is -1.28. The SMILES string of the molecule is C#C/C=C(/CC(C(N)C(C)C)[C@H](N)OC1OC(CO)[C@H](O)C(O)[C@H]1O)C(C)CCOCCCNC(C)(C)C(N)O. The van der Waals surface area contributed by atoms with E-state index in [1.807, 2.05) is 34.6 Å². The molecule has 40 heavy (non-hydrogen) atoms. The van der Waals surface area contributed by atoms with Crippen LogP contribution in [0.3, 0.4) is 0 Å². The van der Waals surface area contributed by atoms with Crippen LogP contribution >= 0.6 is 0 Å². The van der Waals surface area contributed by atoms with Gasteiger partial charge in [0.05, 0.1) is 12.1 Å². The lowest BCUT2D eigenvalue weighted by Gasteiger charge is -2.42. The van der Waals surface area contributed by atoms with Crippen molar-refractivity contribution in [2.75, 3.05) is 26.4 Å². The number of aliphatic hydroxyl groups is 5. The summed E-state index contributed by atoms with van der Waals surface area (Å²) in [4.78, 5) is 0. The van der Waals surface area contributed by atoms with Gasteiger partial charge in [0, 0.05) is 25.2 Å². The maximum absolute atomic E-state index is 10.4. The van der Waals surface area contributed by atoms with Crippen LogP contribution in [0.25, 0.3) is 0 Å². The molecule has 0 bridgehead atoms. The van der Waals surface area contributed by atoms with Gasteiger partial charge in [-0.25, -0.2) is 0 Å². The predicted molar refractivity (Wildman–Crippen MR) is 152 cm³/mol. The van der Waals surface area contributed by atoms with Gasteiger partial charge in [0.2, 0.25) is 0 Å². The van der Waals surface area contributed by atoms with Crippen molar-refractivity contribution in [1.29, 1.82) is 0 Å². The van der Waals surface area contributed by atoms with Crippen LogP contribution in [0.4, 0.5) is 0 Å². The number of nitrogens with one attached hydrogen (secondary N) is 1. The van der Waals surface area contributed by atoms with Gasteiger partial charge in [0.15, 0.2) is 6.29 Å². The molecule has 10 atom stereocenters. The maximum Gasteiger partial charge on any atom is 0.188 e. The van der Waals surface area contributed by atoms with E-state index < -0.39 is 67.3 Å². The molecule has 7 unspecified atom stereocenters. The second kappa shape index (κ2) is 17.7. The standard InChI is InChI=1S/C28H54N4O8/c1-7-9-18(17(4)10-13-38-12-8-11-32-28(5,6)27(31)37)14-19(21(29)16(2)3)25(30)40-26-24(36)23(35)22(34)20(15-33)39-26/h1,9,16-17,19-27,32-37H,8,10-15,29-31H2,2-6H3/b18-9-/t17?,19?,20?,21?,22-,23?,24+,25+,26?,27?/m0/s1. The van der Waals surface area contributed by atoms with E-state index in [-0.39, 0.29) is 11.8 Å². The van der Waals surface area contributed by atoms with E-state index in [1.165, 1.54) is 0 Å². The zero-order valence-corrected chi connectivity index (χ0v) is 24.6. The van der Waals surface area contributed by atoms with Crippen molar-refractivity contribution in [2.45, 2.75) is 109 Å². The van der Waals surface area contributed by atoms with Crippen LogP contribution in [0.15, 0.2) is 11.6 Å². The Hall–Kier alpha value is -1.18. The average Bonchev–Trinajstić information content (AvgIpc) is 2.89. The normalized spacial score (nSPS) is 28.1. The quantitative estimate of drug-likeness (QED) is 0.0531. The first-order chi connectivity index (χ1) is 18.7. The van der Waals surface area contributed by atoms with Crippen LogP contribution in [0, 0.1) is 30.1 Å². The molecule has 1 fully saturated rings. The van der Waals surface area contributed by atoms with Crippen molar-refractivity contribution < 1.29 is 39.7 Å². The Morgan fingerprint density at radius 3 is 2.30 bits per heavy atom. The van der Waals surface area contributed by atoms with Crippen molar-refractivity contribution >= 4 is 0 Å². The molecule has 0 aromatic heterocycles. The highest BCUT2D eigenvalue weighted by atomic mass is 16.7. The van der Waals surface area contributed by atoms with Crippen LogP contribution in [-0.2, 0) is 14.2 Å². The molecule has 1 saturated heterocycles. The first kappa shape index (κ1) is 36.8. The Morgan fingerprint density at radius 1 is 1.10 bits per heavy atom. The van der Waals surface area contributed by atoms with Gasteiger partial charge in [-0.15, -0.1) is 6.42 Å². The number of terminal acetylenes is 1. The molecule has 12 heteroatoms.